The van der Waals surface area contributed by atoms with Crippen molar-refractivity contribution in [3.05, 3.63) is 35.4 Å². The Hall–Kier alpha value is -1.49. The molecule has 1 saturated heterocycles. The lowest BCUT2D eigenvalue weighted by molar-refractivity contribution is -0.143. The summed E-state index contributed by atoms with van der Waals surface area (Å²) in [6.07, 6.45) is 1.16. The molecule has 18 heavy (non-hydrogen) atoms. The van der Waals surface area contributed by atoms with Gasteiger partial charge in [-0.25, -0.2) is 8.78 Å². The van der Waals surface area contributed by atoms with E-state index >= 15 is 0 Å². The summed E-state index contributed by atoms with van der Waals surface area (Å²) in [4.78, 5) is 12.8. The molecule has 1 aromatic rings. The molecule has 0 aromatic heterocycles. The number of rotatable bonds is 3. The zero-order valence-electron chi connectivity index (χ0n) is 9.90. The minimum Gasteiger partial charge on any atom is -0.481 e. The van der Waals surface area contributed by atoms with Gasteiger partial charge in [-0.15, -0.1) is 0 Å². The number of carboxylic acids is 1. The number of carbonyl (C=O) groups is 1. The number of likely N-dealkylation sites (tertiary alicyclic amines) is 1. The molecule has 0 radical (unpaired) electrons. The number of benzene rings is 1. The summed E-state index contributed by atoms with van der Waals surface area (Å²) in [5, 5.41) is 8.87. The second kappa shape index (κ2) is 5.44. The second-order valence-electron chi connectivity index (χ2n) is 4.62. The lowest BCUT2D eigenvalue weighted by Crippen LogP contribution is -2.36. The van der Waals surface area contributed by atoms with E-state index in [1.807, 2.05) is 4.90 Å². The van der Waals surface area contributed by atoms with Gasteiger partial charge in [-0.2, -0.15) is 0 Å². The van der Waals surface area contributed by atoms with Crippen LogP contribution in [0.15, 0.2) is 18.2 Å². The summed E-state index contributed by atoms with van der Waals surface area (Å²) in [6, 6.07) is 3.55. The summed E-state index contributed by atoms with van der Waals surface area (Å²) in [5.74, 6) is -2.18. The predicted molar refractivity (Wildman–Crippen MR) is 62.0 cm³/mol. The normalized spacial score (nSPS) is 17.9. The van der Waals surface area contributed by atoms with Gasteiger partial charge >= 0.3 is 5.97 Å². The maximum atomic E-state index is 13.4. The fourth-order valence-electron chi connectivity index (χ4n) is 2.23. The Morgan fingerprint density at radius 3 is 2.56 bits per heavy atom. The molecule has 0 saturated carbocycles. The Bertz CT molecular complexity index is 443. The van der Waals surface area contributed by atoms with Gasteiger partial charge in [0.1, 0.15) is 11.6 Å². The molecule has 0 atom stereocenters. The van der Waals surface area contributed by atoms with Gasteiger partial charge in [-0.1, -0.05) is 6.07 Å². The lowest BCUT2D eigenvalue weighted by Gasteiger charge is -2.30. The molecule has 1 aliphatic rings. The molecule has 0 spiro atoms. The maximum Gasteiger partial charge on any atom is 0.306 e. The van der Waals surface area contributed by atoms with Crippen molar-refractivity contribution in [1.82, 2.24) is 4.90 Å². The Kier molecular flexibility index (Phi) is 3.91. The van der Waals surface area contributed by atoms with Crippen molar-refractivity contribution in [3.8, 4) is 0 Å². The van der Waals surface area contributed by atoms with E-state index < -0.39 is 17.6 Å². The molecule has 1 fully saturated rings. The van der Waals surface area contributed by atoms with Crippen LogP contribution in [0.2, 0.25) is 0 Å². The molecule has 98 valence electrons. The van der Waals surface area contributed by atoms with Crippen LogP contribution in [0, 0.1) is 17.6 Å². The number of aliphatic carboxylic acids is 1. The first kappa shape index (κ1) is 13.0. The van der Waals surface area contributed by atoms with Crippen LogP contribution in [0.1, 0.15) is 18.4 Å². The van der Waals surface area contributed by atoms with Crippen molar-refractivity contribution in [2.45, 2.75) is 19.4 Å². The zero-order chi connectivity index (χ0) is 13.1. The molecule has 0 unspecified atom stereocenters. The van der Waals surface area contributed by atoms with E-state index in [4.69, 9.17) is 5.11 Å². The number of halogens is 2. The van der Waals surface area contributed by atoms with Gasteiger partial charge in [0.15, 0.2) is 0 Å². The van der Waals surface area contributed by atoms with Gasteiger partial charge in [0.05, 0.1) is 5.92 Å². The second-order valence-corrected chi connectivity index (χ2v) is 4.62. The molecule has 0 amide bonds. The highest BCUT2D eigenvalue weighted by Crippen LogP contribution is 2.20. The van der Waals surface area contributed by atoms with E-state index in [2.05, 4.69) is 0 Å². The Labute approximate surface area is 104 Å². The lowest BCUT2D eigenvalue weighted by atomic mass is 9.97. The number of piperidine rings is 1. The smallest absolute Gasteiger partial charge is 0.306 e. The first-order valence-corrected chi connectivity index (χ1v) is 5.95. The van der Waals surface area contributed by atoms with Crippen LogP contribution in [0.3, 0.4) is 0 Å². The Balaban J connectivity index is 1.93. The Morgan fingerprint density at radius 1 is 1.33 bits per heavy atom. The van der Waals surface area contributed by atoms with E-state index in [0.717, 1.165) is 6.07 Å². The topological polar surface area (TPSA) is 40.5 Å². The molecule has 1 N–H and O–H groups in total. The average molecular weight is 255 g/mol. The minimum absolute atomic E-state index is 0.292. The van der Waals surface area contributed by atoms with Gasteiger partial charge in [0.2, 0.25) is 0 Å². The van der Waals surface area contributed by atoms with Crippen molar-refractivity contribution < 1.29 is 18.7 Å². The molecule has 1 aliphatic heterocycles. The van der Waals surface area contributed by atoms with Crippen LogP contribution >= 0.6 is 0 Å². The van der Waals surface area contributed by atoms with Gasteiger partial charge in [0.25, 0.3) is 0 Å². The maximum absolute atomic E-state index is 13.4. The molecular weight excluding hydrogens is 240 g/mol. The molecule has 3 nitrogen and oxygen atoms in total. The van der Waals surface area contributed by atoms with Crippen LogP contribution in [-0.4, -0.2) is 29.1 Å². The van der Waals surface area contributed by atoms with Gasteiger partial charge in [0, 0.05) is 18.2 Å². The van der Waals surface area contributed by atoms with Crippen LogP contribution in [0.25, 0.3) is 0 Å². The van der Waals surface area contributed by atoms with Crippen molar-refractivity contribution in [3.63, 3.8) is 0 Å². The van der Waals surface area contributed by atoms with E-state index in [1.165, 1.54) is 12.1 Å². The number of hydrogen-bond donors (Lipinski definition) is 1. The van der Waals surface area contributed by atoms with Crippen LogP contribution in [-0.2, 0) is 11.3 Å². The first-order chi connectivity index (χ1) is 8.56. The van der Waals surface area contributed by atoms with E-state index in [-0.39, 0.29) is 5.92 Å². The molecule has 2 rings (SSSR count). The van der Waals surface area contributed by atoms with Crippen molar-refractivity contribution >= 4 is 5.97 Å². The molecule has 5 heteroatoms. The van der Waals surface area contributed by atoms with Crippen molar-refractivity contribution in [2.24, 2.45) is 5.92 Å². The molecule has 1 heterocycles. The Morgan fingerprint density at radius 2 is 2.00 bits per heavy atom. The van der Waals surface area contributed by atoms with Crippen LogP contribution in [0.4, 0.5) is 8.78 Å². The highest BCUT2D eigenvalue weighted by atomic mass is 19.1. The van der Waals surface area contributed by atoms with E-state index in [9.17, 15) is 13.6 Å². The molecule has 1 aromatic carbocycles. The summed E-state index contributed by atoms with van der Waals surface area (Å²) < 4.78 is 26.2. The van der Waals surface area contributed by atoms with Crippen LogP contribution in [0.5, 0.6) is 0 Å². The summed E-state index contributed by atoms with van der Waals surface area (Å²) in [7, 11) is 0. The standard InChI is InChI=1S/C13H15F2NO2/c14-11-2-1-10(12(15)7-11)8-16-5-3-9(4-6-16)13(17)18/h1-2,7,9H,3-6,8H2,(H,17,18). The van der Waals surface area contributed by atoms with Crippen molar-refractivity contribution in [2.75, 3.05) is 13.1 Å². The fraction of sp³-hybridized carbons (Fsp3) is 0.462. The third-order valence-corrected chi connectivity index (χ3v) is 3.35. The molecular formula is C13H15F2NO2. The monoisotopic (exact) mass is 255 g/mol. The summed E-state index contributed by atoms with van der Waals surface area (Å²) in [6.45, 7) is 1.67. The third-order valence-electron chi connectivity index (χ3n) is 3.35. The molecule has 0 bridgehead atoms. The predicted octanol–water partition coefficient (Wildman–Crippen LogP) is 2.26. The highest BCUT2D eigenvalue weighted by molar-refractivity contribution is 5.70. The largest absolute Gasteiger partial charge is 0.481 e. The van der Waals surface area contributed by atoms with Gasteiger partial charge in [-0.05, 0) is 32.0 Å². The zero-order valence-corrected chi connectivity index (χ0v) is 9.90. The SMILES string of the molecule is O=C(O)C1CCN(Cc2ccc(F)cc2F)CC1. The molecule has 0 aliphatic carbocycles. The first-order valence-electron chi connectivity index (χ1n) is 5.95. The van der Waals surface area contributed by atoms with Gasteiger partial charge < -0.3 is 5.11 Å². The van der Waals surface area contributed by atoms with Crippen molar-refractivity contribution in [1.29, 1.82) is 0 Å². The highest BCUT2D eigenvalue weighted by Gasteiger charge is 2.24. The fourth-order valence-corrected chi connectivity index (χ4v) is 2.23. The average Bonchev–Trinajstić information content (AvgIpc) is 2.33. The number of nitrogens with zero attached hydrogens (tertiary/aromatic N) is 1. The van der Waals surface area contributed by atoms with E-state index in [1.54, 1.807) is 0 Å². The summed E-state index contributed by atoms with van der Waals surface area (Å²) in [5.41, 5.74) is 0.449. The van der Waals surface area contributed by atoms with Crippen LogP contribution < -0.4 is 0 Å². The van der Waals surface area contributed by atoms with Gasteiger partial charge in [-0.3, -0.25) is 9.69 Å². The number of carboxylic acid groups (broad SMARTS) is 1. The summed E-state index contributed by atoms with van der Waals surface area (Å²) >= 11 is 0. The van der Waals surface area contributed by atoms with E-state index in [0.29, 0.717) is 38.0 Å². The quantitative estimate of drug-likeness (QED) is 0.900. The third kappa shape index (κ3) is 3.04. The minimum atomic E-state index is -0.761. The number of hydrogen-bond acceptors (Lipinski definition) is 2.